The lowest BCUT2D eigenvalue weighted by atomic mass is 10.0. The van der Waals surface area contributed by atoms with Crippen molar-refractivity contribution >= 4 is 18.3 Å². The Morgan fingerprint density at radius 2 is 2.21 bits per heavy atom. The average molecular weight is 285 g/mol. The average Bonchev–Trinajstić information content (AvgIpc) is 2.26. The molecule has 2 N–H and O–H groups in total. The number of aromatic nitrogens is 2. The number of nitrogens with zero attached hydrogens (tertiary/aromatic N) is 2. The molecular formula is C13H21ClN4O. The highest BCUT2D eigenvalue weighted by Gasteiger charge is 2.20. The molecule has 1 amide bonds. The standard InChI is InChI=1S/C13H20N4O.ClH/c1-8(2)12-11(7-15-9(3)17-12)13(18)16-6-10-4-14-5-10;/h7-8,10,14H,4-6H2,1-3H3,(H,16,18);1H. The van der Waals surface area contributed by atoms with E-state index >= 15 is 0 Å². The van der Waals surface area contributed by atoms with E-state index in [-0.39, 0.29) is 24.2 Å². The molecule has 0 bridgehead atoms. The van der Waals surface area contributed by atoms with Gasteiger partial charge in [0.15, 0.2) is 0 Å². The lowest BCUT2D eigenvalue weighted by molar-refractivity contribution is 0.0940. The summed E-state index contributed by atoms with van der Waals surface area (Å²) in [6.07, 6.45) is 1.63. The summed E-state index contributed by atoms with van der Waals surface area (Å²) in [4.78, 5) is 20.6. The zero-order valence-electron chi connectivity index (χ0n) is 11.6. The predicted octanol–water partition coefficient (Wildman–Crippen LogP) is 1.28. The van der Waals surface area contributed by atoms with Crippen LogP contribution in [-0.4, -0.2) is 35.5 Å². The highest BCUT2D eigenvalue weighted by atomic mass is 35.5. The fourth-order valence-corrected chi connectivity index (χ4v) is 1.93. The topological polar surface area (TPSA) is 66.9 Å². The number of hydrogen-bond acceptors (Lipinski definition) is 4. The molecule has 19 heavy (non-hydrogen) atoms. The summed E-state index contributed by atoms with van der Waals surface area (Å²) in [6.45, 7) is 8.61. The van der Waals surface area contributed by atoms with Crippen molar-refractivity contribution in [2.45, 2.75) is 26.7 Å². The molecule has 0 atom stereocenters. The summed E-state index contributed by atoms with van der Waals surface area (Å²) in [5, 5.41) is 6.14. The minimum atomic E-state index is -0.0643. The molecular weight excluding hydrogens is 264 g/mol. The van der Waals surface area contributed by atoms with E-state index in [2.05, 4.69) is 20.6 Å². The molecule has 0 radical (unpaired) electrons. The van der Waals surface area contributed by atoms with Crippen molar-refractivity contribution in [3.8, 4) is 0 Å². The van der Waals surface area contributed by atoms with E-state index in [0.29, 0.717) is 17.3 Å². The first-order valence-electron chi connectivity index (χ1n) is 6.40. The Hall–Kier alpha value is -1.20. The first kappa shape index (κ1) is 15.9. The van der Waals surface area contributed by atoms with Gasteiger partial charge in [0.25, 0.3) is 5.91 Å². The van der Waals surface area contributed by atoms with E-state index in [1.54, 1.807) is 6.20 Å². The maximum absolute atomic E-state index is 12.1. The van der Waals surface area contributed by atoms with Gasteiger partial charge in [0.1, 0.15) is 5.82 Å². The second-order valence-corrected chi connectivity index (χ2v) is 5.11. The van der Waals surface area contributed by atoms with Gasteiger partial charge in [-0.3, -0.25) is 4.79 Å². The lowest BCUT2D eigenvalue weighted by Gasteiger charge is -2.27. The van der Waals surface area contributed by atoms with Crippen molar-refractivity contribution in [3.05, 3.63) is 23.3 Å². The molecule has 5 nitrogen and oxygen atoms in total. The van der Waals surface area contributed by atoms with Crippen LogP contribution in [-0.2, 0) is 0 Å². The Balaban J connectivity index is 0.00000180. The van der Waals surface area contributed by atoms with Crippen LogP contribution in [0.15, 0.2) is 6.20 Å². The van der Waals surface area contributed by atoms with Gasteiger partial charge in [-0.15, -0.1) is 12.4 Å². The zero-order chi connectivity index (χ0) is 13.1. The van der Waals surface area contributed by atoms with E-state index in [4.69, 9.17) is 0 Å². The van der Waals surface area contributed by atoms with Gasteiger partial charge >= 0.3 is 0 Å². The van der Waals surface area contributed by atoms with Crippen LogP contribution in [0.25, 0.3) is 0 Å². The van der Waals surface area contributed by atoms with Crippen molar-refractivity contribution in [2.75, 3.05) is 19.6 Å². The summed E-state index contributed by atoms with van der Waals surface area (Å²) < 4.78 is 0. The summed E-state index contributed by atoms with van der Waals surface area (Å²) >= 11 is 0. The Morgan fingerprint density at radius 3 is 2.74 bits per heavy atom. The third-order valence-corrected chi connectivity index (χ3v) is 3.15. The quantitative estimate of drug-likeness (QED) is 0.874. The normalized spacial score (nSPS) is 14.7. The second kappa shape index (κ2) is 6.82. The number of nitrogens with one attached hydrogen (secondary N) is 2. The lowest BCUT2D eigenvalue weighted by Crippen LogP contribution is -2.48. The van der Waals surface area contributed by atoms with Gasteiger partial charge in [0.05, 0.1) is 11.3 Å². The highest BCUT2D eigenvalue weighted by molar-refractivity contribution is 5.95. The Morgan fingerprint density at radius 1 is 1.53 bits per heavy atom. The largest absolute Gasteiger partial charge is 0.352 e. The molecule has 1 aromatic rings. The minimum absolute atomic E-state index is 0. The van der Waals surface area contributed by atoms with Crippen molar-refractivity contribution < 1.29 is 4.79 Å². The smallest absolute Gasteiger partial charge is 0.254 e. The predicted molar refractivity (Wildman–Crippen MR) is 76.8 cm³/mol. The number of carbonyl (C=O) groups is 1. The van der Waals surface area contributed by atoms with Crippen LogP contribution in [0.1, 0.15) is 41.6 Å². The Kier molecular flexibility index (Phi) is 5.69. The minimum Gasteiger partial charge on any atom is -0.352 e. The van der Waals surface area contributed by atoms with E-state index < -0.39 is 0 Å². The third-order valence-electron chi connectivity index (χ3n) is 3.15. The van der Waals surface area contributed by atoms with Gasteiger partial charge in [0.2, 0.25) is 0 Å². The third kappa shape index (κ3) is 3.88. The van der Waals surface area contributed by atoms with Crippen LogP contribution in [0.4, 0.5) is 0 Å². The number of hydrogen-bond donors (Lipinski definition) is 2. The van der Waals surface area contributed by atoms with Gasteiger partial charge in [-0.25, -0.2) is 9.97 Å². The van der Waals surface area contributed by atoms with Gasteiger partial charge < -0.3 is 10.6 Å². The molecule has 2 heterocycles. The highest BCUT2D eigenvalue weighted by Crippen LogP contribution is 2.16. The molecule has 1 aliphatic rings. The number of amides is 1. The molecule has 2 rings (SSSR count). The van der Waals surface area contributed by atoms with Crippen molar-refractivity contribution in [2.24, 2.45) is 5.92 Å². The molecule has 1 fully saturated rings. The van der Waals surface area contributed by atoms with Crippen molar-refractivity contribution in [1.82, 2.24) is 20.6 Å². The SMILES string of the molecule is Cc1ncc(C(=O)NCC2CNC2)c(C(C)C)n1.Cl. The van der Waals surface area contributed by atoms with E-state index in [9.17, 15) is 4.79 Å². The van der Waals surface area contributed by atoms with Gasteiger partial charge in [-0.1, -0.05) is 13.8 Å². The van der Waals surface area contributed by atoms with Gasteiger partial charge in [-0.05, 0) is 12.8 Å². The molecule has 1 saturated heterocycles. The Bertz CT molecular complexity index is 446. The molecule has 1 aromatic heterocycles. The van der Waals surface area contributed by atoms with Crippen LogP contribution >= 0.6 is 12.4 Å². The fourth-order valence-electron chi connectivity index (χ4n) is 1.93. The summed E-state index contributed by atoms with van der Waals surface area (Å²) in [5.41, 5.74) is 1.43. The Labute approximate surface area is 120 Å². The van der Waals surface area contributed by atoms with E-state index in [0.717, 1.165) is 25.3 Å². The second-order valence-electron chi connectivity index (χ2n) is 5.11. The van der Waals surface area contributed by atoms with Gasteiger partial charge in [-0.2, -0.15) is 0 Å². The molecule has 0 saturated carbocycles. The number of rotatable bonds is 4. The fraction of sp³-hybridized carbons (Fsp3) is 0.615. The first-order valence-corrected chi connectivity index (χ1v) is 6.40. The molecule has 6 heteroatoms. The molecule has 0 unspecified atom stereocenters. The summed E-state index contributed by atoms with van der Waals surface area (Å²) in [5.74, 6) is 1.42. The van der Waals surface area contributed by atoms with Crippen LogP contribution in [0.2, 0.25) is 0 Å². The molecule has 1 aliphatic heterocycles. The van der Waals surface area contributed by atoms with Crippen LogP contribution < -0.4 is 10.6 Å². The zero-order valence-corrected chi connectivity index (χ0v) is 12.4. The first-order chi connectivity index (χ1) is 8.58. The number of halogens is 1. The van der Waals surface area contributed by atoms with Crippen LogP contribution in [0.3, 0.4) is 0 Å². The van der Waals surface area contributed by atoms with Crippen molar-refractivity contribution in [1.29, 1.82) is 0 Å². The van der Waals surface area contributed by atoms with Crippen molar-refractivity contribution in [3.63, 3.8) is 0 Å². The molecule has 0 aliphatic carbocycles. The summed E-state index contributed by atoms with van der Waals surface area (Å²) in [6, 6.07) is 0. The van der Waals surface area contributed by atoms with Crippen LogP contribution in [0, 0.1) is 12.8 Å². The number of carbonyl (C=O) groups excluding carboxylic acids is 1. The molecule has 106 valence electrons. The maximum Gasteiger partial charge on any atom is 0.254 e. The van der Waals surface area contributed by atoms with Crippen LogP contribution in [0.5, 0.6) is 0 Å². The van der Waals surface area contributed by atoms with Gasteiger partial charge in [0, 0.05) is 31.7 Å². The molecule has 0 spiro atoms. The maximum atomic E-state index is 12.1. The molecule has 0 aromatic carbocycles. The summed E-state index contributed by atoms with van der Waals surface area (Å²) in [7, 11) is 0. The monoisotopic (exact) mass is 284 g/mol. The van der Waals surface area contributed by atoms with E-state index in [1.807, 2.05) is 20.8 Å². The number of aryl methyl sites for hydroxylation is 1. The van der Waals surface area contributed by atoms with E-state index in [1.165, 1.54) is 0 Å².